The summed E-state index contributed by atoms with van der Waals surface area (Å²) in [4.78, 5) is 16.5. The molecule has 4 heteroatoms. The highest BCUT2D eigenvalue weighted by Gasteiger charge is 2.48. The molecule has 86 valence electrons. The van der Waals surface area contributed by atoms with Gasteiger partial charge in [-0.15, -0.1) is 0 Å². The highest BCUT2D eigenvalue weighted by Crippen LogP contribution is 2.42. The van der Waals surface area contributed by atoms with Gasteiger partial charge in [0.25, 0.3) is 0 Å². The minimum Gasteiger partial charge on any atom is -0.276 e. The maximum atomic E-state index is 11.0. The minimum atomic E-state index is -0.101. The van der Waals surface area contributed by atoms with E-state index in [-0.39, 0.29) is 5.54 Å². The van der Waals surface area contributed by atoms with E-state index in [9.17, 15) is 4.79 Å². The molecule has 1 fully saturated rings. The van der Waals surface area contributed by atoms with Gasteiger partial charge in [-0.3, -0.25) is 9.63 Å². The molecule has 0 N–H and O–H groups in total. The summed E-state index contributed by atoms with van der Waals surface area (Å²) >= 11 is 3.42. The second-order valence-electron chi connectivity index (χ2n) is 4.05. The van der Waals surface area contributed by atoms with E-state index in [0.29, 0.717) is 6.61 Å². The summed E-state index contributed by atoms with van der Waals surface area (Å²) in [5.74, 6) is 0. The molecule has 1 aliphatic carbocycles. The topological polar surface area (TPSA) is 29.5 Å². The summed E-state index contributed by atoms with van der Waals surface area (Å²) in [6.45, 7) is 0.439. The van der Waals surface area contributed by atoms with Gasteiger partial charge in [-0.2, -0.15) is 0 Å². The fourth-order valence-electron chi connectivity index (χ4n) is 1.55. The van der Waals surface area contributed by atoms with Gasteiger partial charge in [-0.1, -0.05) is 46.3 Å². The third-order valence-electron chi connectivity index (χ3n) is 2.85. The number of rotatable bonds is 6. The molecule has 1 aromatic carbocycles. The van der Waals surface area contributed by atoms with Crippen LogP contribution in [0.2, 0.25) is 0 Å². The second kappa shape index (κ2) is 4.97. The lowest BCUT2D eigenvalue weighted by Gasteiger charge is -2.25. The molecule has 0 saturated heterocycles. The molecule has 1 amide bonds. The van der Waals surface area contributed by atoms with Crippen molar-refractivity contribution in [3.8, 4) is 0 Å². The first-order chi connectivity index (χ1) is 7.80. The van der Waals surface area contributed by atoms with Crippen molar-refractivity contribution in [2.24, 2.45) is 0 Å². The van der Waals surface area contributed by atoms with Gasteiger partial charge in [0.05, 0.1) is 5.54 Å². The van der Waals surface area contributed by atoms with E-state index in [2.05, 4.69) is 15.9 Å². The van der Waals surface area contributed by atoms with Crippen LogP contribution in [0, 0.1) is 0 Å². The number of nitrogens with zero attached hydrogens (tertiary/aromatic N) is 1. The molecular weight excluding hydrogens is 270 g/mol. The third-order valence-corrected chi connectivity index (χ3v) is 3.90. The number of hydroxylamine groups is 2. The summed E-state index contributed by atoms with van der Waals surface area (Å²) in [7, 11) is 0. The SMILES string of the molecule is O=CN(OCc1ccccc1)C1(CBr)CC1. The molecule has 0 bridgehead atoms. The lowest BCUT2D eigenvalue weighted by molar-refractivity contribution is -0.194. The summed E-state index contributed by atoms with van der Waals surface area (Å²) in [6, 6.07) is 9.85. The first kappa shape index (κ1) is 11.6. The van der Waals surface area contributed by atoms with Crippen LogP contribution in [-0.4, -0.2) is 22.3 Å². The predicted octanol–water partition coefficient (Wildman–Crippen LogP) is 2.50. The van der Waals surface area contributed by atoms with E-state index in [1.807, 2.05) is 30.3 Å². The zero-order valence-corrected chi connectivity index (χ0v) is 10.5. The van der Waals surface area contributed by atoms with Crippen molar-refractivity contribution in [2.75, 3.05) is 5.33 Å². The fourth-order valence-corrected chi connectivity index (χ4v) is 2.36. The van der Waals surface area contributed by atoms with Crippen LogP contribution in [0.5, 0.6) is 0 Å². The lowest BCUT2D eigenvalue weighted by atomic mass is 10.2. The van der Waals surface area contributed by atoms with Gasteiger partial charge >= 0.3 is 0 Å². The van der Waals surface area contributed by atoms with Crippen molar-refractivity contribution >= 4 is 22.3 Å². The molecule has 1 saturated carbocycles. The standard InChI is InChI=1S/C12H14BrNO2/c13-9-12(6-7-12)14(10-15)16-8-11-4-2-1-3-5-11/h1-5,10H,6-9H2. The van der Waals surface area contributed by atoms with Crippen LogP contribution in [0.25, 0.3) is 0 Å². The van der Waals surface area contributed by atoms with Crippen molar-refractivity contribution in [2.45, 2.75) is 25.0 Å². The summed E-state index contributed by atoms with van der Waals surface area (Å²) in [5, 5.41) is 2.22. The van der Waals surface area contributed by atoms with Crippen molar-refractivity contribution in [1.29, 1.82) is 0 Å². The smallest absolute Gasteiger partial charge is 0.233 e. The molecule has 0 spiro atoms. The van der Waals surface area contributed by atoms with E-state index >= 15 is 0 Å². The molecule has 2 rings (SSSR count). The van der Waals surface area contributed by atoms with Crippen LogP contribution in [0.3, 0.4) is 0 Å². The third kappa shape index (κ3) is 2.44. The first-order valence-electron chi connectivity index (χ1n) is 5.28. The maximum Gasteiger partial charge on any atom is 0.233 e. The Morgan fingerprint density at radius 1 is 1.38 bits per heavy atom. The summed E-state index contributed by atoms with van der Waals surface area (Å²) in [5.41, 5.74) is 0.969. The highest BCUT2D eigenvalue weighted by atomic mass is 79.9. The van der Waals surface area contributed by atoms with Gasteiger partial charge in [0.15, 0.2) is 0 Å². The minimum absolute atomic E-state index is 0.101. The quantitative estimate of drug-likeness (QED) is 0.456. The zero-order chi connectivity index (χ0) is 11.4. The Hall–Kier alpha value is -0.870. The van der Waals surface area contributed by atoms with E-state index in [1.165, 1.54) is 5.06 Å². The van der Waals surface area contributed by atoms with Crippen LogP contribution >= 0.6 is 15.9 Å². The van der Waals surface area contributed by atoms with Gasteiger partial charge in [0, 0.05) is 5.33 Å². The molecule has 3 nitrogen and oxygen atoms in total. The monoisotopic (exact) mass is 283 g/mol. The highest BCUT2D eigenvalue weighted by molar-refractivity contribution is 9.09. The van der Waals surface area contributed by atoms with Crippen molar-refractivity contribution in [1.82, 2.24) is 5.06 Å². The predicted molar refractivity (Wildman–Crippen MR) is 64.9 cm³/mol. The van der Waals surface area contributed by atoms with Gasteiger partial charge < -0.3 is 0 Å². The molecule has 0 aliphatic heterocycles. The van der Waals surface area contributed by atoms with Crippen LogP contribution in [0.4, 0.5) is 0 Å². The van der Waals surface area contributed by atoms with E-state index in [1.54, 1.807) is 0 Å². The number of hydrogen-bond donors (Lipinski definition) is 0. The molecule has 0 aromatic heterocycles. The molecule has 0 radical (unpaired) electrons. The number of alkyl halides is 1. The maximum absolute atomic E-state index is 11.0. The summed E-state index contributed by atoms with van der Waals surface area (Å²) in [6.07, 6.45) is 2.79. The van der Waals surface area contributed by atoms with E-state index < -0.39 is 0 Å². The van der Waals surface area contributed by atoms with Gasteiger partial charge in [-0.05, 0) is 18.4 Å². The van der Waals surface area contributed by atoms with Crippen LogP contribution in [0.1, 0.15) is 18.4 Å². The van der Waals surface area contributed by atoms with Gasteiger partial charge in [0.1, 0.15) is 6.61 Å². The lowest BCUT2D eigenvalue weighted by Crippen LogP contribution is -2.37. The Labute approximate surface area is 103 Å². The number of carbonyl (C=O) groups excluding carboxylic acids is 1. The van der Waals surface area contributed by atoms with Crippen LogP contribution in [0.15, 0.2) is 30.3 Å². The number of carbonyl (C=O) groups is 1. The Bertz CT molecular complexity index is 351. The van der Waals surface area contributed by atoms with E-state index in [0.717, 1.165) is 30.1 Å². The summed E-state index contributed by atoms with van der Waals surface area (Å²) < 4.78 is 0. The molecular formula is C12H14BrNO2. The normalized spacial score (nSPS) is 16.8. The number of benzene rings is 1. The van der Waals surface area contributed by atoms with Gasteiger partial charge in [-0.25, -0.2) is 5.06 Å². The average molecular weight is 284 g/mol. The molecule has 1 aromatic rings. The van der Waals surface area contributed by atoms with Crippen molar-refractivity contribution in [3.05, 3.63) is 35.9 Å². The second-order valence-corrected chi connectivity index (χ2v) is 4.61. The van der Waals surface area contributed by atoms with Crippen molar-refractivity contribution < 1.29 is 9.63 Å². The van der Waals surface area contributed by atoms with Crippen LogP contribution in [-0.2, 0) is 16.2 Å². The van der Waals surface area contributed by atoms with Crippen molar-refractivity contribution in [3.63, 3.8) is 0 Å². The largest absolute Gasteiger partial charge is 0.276 e. The molecule has 0 atom stereocenters. The average Bonchev–Trinajstić information content (AvgIpc) is 3.12. The fraction of sp³-hybridized carbons (Fsp3) is 0.417. The Morgan fingerprint density at radius 3 is 2.56 bits per heavy atom. The Morgan fingerprint density at radius 2 is 2.06 bits per heavy atom. The number of hydrogen-bond acceptors (Lipinski definition) is 2. The molecule has 16 heavy (non-hydrogen) atoms. The Kier molecular flexibility index (Phi) is 3.61. The zero-order valence-electron chi connectivity index (χ0n) is 8.93. The molecule has 1 aliphatic rings. The molecule has 0 heterocycles. The number of amides is 1. The molecule has 0 unspecified atom stereocenters. The Balaban J connectivity index is 1.91. The first-order valence-corrected chi connectivity index (χ1v) is 6.40. The van der Waals surface area contributed by atoms with Gasteiger partial charge in [0.2, 0.25) is 6.41 Å². The van der Waals surface area contributed by atoms with Crippen LogP contribution < -0.4 is 0 Å². The number of halogens is 1. The van der Waals surface area contributed by atoms with E-state index in [4.69, 9.17) is 4.84 Å².